The Balaban J connectivity index is 1.43. The van der Waals surface area contributed by atoms with Crippen LogP contribution >= 0.6 is 0 Å². The zero-order valence-electron chi connectivity index (χ0n) is 22.2. The summed E-state index contributed by atoms with van der Waals surface area (Å²) in [5.41, 5.74) is 4.29. The van der Waals surface area contributed by atoms with Gasteiger partial charge in [0, 0.05) is 40.6 Å². The fourth-order valence-corrected chi connectivity index (χ4v) is 5.10. The maximum absolute atomic E-state index is 15.3. The lowest BCUT2D eigenvalue weighted by Gasteiger charge is -2.22. The molecule has 0 fully saturated rings. The van der Waals surface area contributed by atoms with Crippen LogP contribution in [0.15, 0.2) is 88.1 Å². The van der Waals surface area contributed by atoms with Gasteiger partial charge in [-0.15, -0.1) is 0 Å². The van der Waals surface area contributed by atoms with E-state index in [4.69, 9.17) is 23.9 Å². The zero-order valence-corrected chi connectivity index (χ0v) is 22.2. The van der Waals surface area contributed by atoms with Crippen LogP contribution in [0.2, 0.25) is 0 Å². The minimum absolute atomic E-state index is 0.0439. The number of methoxy groups -OCH3 is 2. The van der Waals surface area contributed by atoms with E-state index in [0.29, 0.717) is 35.2 Å². The molecule has 1 unspecified atom stereocenters. The molecule has 2 aromatic carbocycles. The van der Waals surface area contributed by atoms with Crippen molar-refractivity contribution in [2.45, 2.75) is 18.9 Å². The van der Waals surface area contributed by atoms with E-state index in [1.807, 2.05) is 18.2 Å². The Morgan fingerprint density at radius 2 is 1.95 bits per heavy atom. The number of aliphatic imine (C=N–C) groups is 1. The van der Waals surface area contributed by atoms with Gasteiger partial charge in [-0.2, -0.15) is 0 Å². The summed E-state index contributed by atoms with van der Waals surface area (Å²) < 4.78 is 31.8. The van der Waals surface area contributed by atoms with Crippen LogP contribution < -0.4 is 14.8 Å². The third kappa shape index (κ3) is 4.84. The molecule has 1 aliphatic heterocycles. The number of hydrogen-bond acceptors (Lipinski definition) is 8. The van der Waals surface area contributed by atoms with Crippen LogP contribution in [0.1, 0.15) is 45.3 Å². The Morgan fingerprint density at radius 1 is 1.10 bits per heavy atom. The number of hydrogen-bond donors (Lipinski definition) is 2. The summed E-state index contributed by atoms with van der Waals surface area (Å²) in [6.45, 7) is 0.226. The van der Waals surface area contributed by atoms with Crippen LogP contribution in [-0.2, 0) is 6.54 Å². The number of carboxylic acid groups (broad SMARTS) is 1. The molecule has 0 bridgehead atoms. The first-order valence-electron chi connectivity index (χ1n) is 12.8. The van der Waals surface area contributed by atoms with E-state index in [-0.39, 0.29) is 29.3 Å². The number of rotatable bonds is 7. The van der Waals surface area contributed by atoms with Crippen molar-refractivity contribution in [3.8, 4) is 11.5 Å². The number of halogens is 1. The Morgan fingerprint density at radius 3 is 2.71 bits per heavy atom. The molecule has 0 spiro atoms. The van der Waals surface area contributed by atoms with Gasteiger partial charge in [0.25, 0.3) is 0 Å². The monoisotopic (exact) mass is 552 g/mol. The molecule has 2 aromatic heterocycles. The van der Waals surface area contributed by atoms with Crippen molar-refractivity contribution >= 4 is 28.9 Å². The van der Waals surface area contributed by atoms with Crippen molar-refractivity contribution in [3.05, 3.63) is 113 Å². The number of ether oxygens (including phenoxy) is 2. The molecular formula is C31H25FN4O5. The van der Waals surface area contributed by atoms with Crippen molar-refractivity contribution in [1.29, 1.82) is 0 Å². The molecule has 206 valence electrons. The van der Waals surface area contributed by atoms with Gasteiger partial charge in [-0.3, -0.25) is 4.99 Å². The summed E-state index contributed by atoms with van der Waals surface area (Å²) in [7, 11) is 2.91. The Bertz CT molecular complexity index is 1740. The topological polar surface area (TPSA) is 119 Å². The van der Waals surface area contributed by atoms with Crippen molar-refractivity contribution in [2.75, 3.05) is 19.5 Å². The lowest BCUT2D eigenvalue weighted by molar-refractivity contribution is 0.0693. The summed E-state index contributed by atoms with van der Waals surface area (Å²) in [4.78, 5) is 25.6. The predicted molar refractivity (Wildman–Crippen MR) is 151 cm³/mol. The van der Waals surface area contributed by atoms with Gasteiger partial charge >= 0.3 is 5.97 Å². The van der Waals surface area contributed by atoms with Gasteiger partial charge in [-0.05, 0) is 42.8 Å². The number of aromatic nitrogens is 2. The number of anilines is 2. The van der Waals surface area contributed by atoms with E-state index in [1.54, 1.807) is 36.7 Å². The Labute approximate surface area is 234 Å². The van der Waals surface area contributed by atoms with Crippen LogP contribution in [0, 0.1) is 5.82 Å². The third-order valence-corrected chi connectivity index (χ3v) is 7.05. The predicted octanol–water partition coefficient (Wildman–Crippen LogP) is 6.17. The molecule has 41 heavy (non-hydrogen) atoms. The van der Waals surface area contributed by atoms with E-state index >= 15 is 4.39 Å². The lowest BCUT2D eigenvalue weighted by atomic mass is 9.83. The van der Waals surface area contributed by atoms with E-state index < -0.39 is 11.8 Å². The van der Waals surface area contributed by atoms with Gasteiger partial charge in [0.15, 0.2) is 0 Å². The van der Waals surface area contributed by atoms with Crippen LogP contribution in [0.3, 0.4) is 0 Å². The molecule has 0 saturated heterocycles. The fourth-order valence-electron chi connectivity index (χ4n) is 5.10. The number of aromatic carboxylic acids is 1. The highest BCUT2D eigenvalue weighted by molar-refractivity contribution is 6.23. The van der Waals surface area contributed by atoms with E-state index in [1.165, 1.54) is 26.4 Å². The fraction of sp³-hybridized carbons (Fsp3) is 0.161. The number of nitrogens with zero attached hydrogens (tertiary/aromatic N) is 3. The molecule has 0 saturated carbocycles. The second-order valence-corrected chi connectivity index (χ2v) is 9.45. The minimum Gasteiger partial charge on any atom is -0.496 e. The molecule has 6 rings (SSSR count). The largest absolute Gasteiger partial charge is 0.496 e. The SMILES string of the molecule is COc1cc(Nc2ncc3c(n2)C2=CCC(c4ccco4)C=C2C(c2c(F)cccc2OC)=NC3)ccc1C(=O)O. The number of furan rings is 1. The number of allylic oxidation sites excluding steroid dienone is 4. The molecular weight excluding hydrogens is 527 g/mol. The van der Waals surface area contributed by atoms with Gasteiger partial charge in [-0.25, -0.2) is 19.2 Å². The number of benzene rings is 2. The maximum atomic E-state index is 15.3. The summed E-state index contributed by atoms with van der Waals surface area (Å²) in [5.74, 6) is 0.0682. The van der Waals surface area contributed by atoms with Gasteiger partial charge in [0.05, 0.1) is 44.0 Å². The highest BCUT2D eigenvalue weighted by Crippen LogP contribution is 2.41. The first-order valence-corrected chi connectivity index (χ1v) is 12.8. The Kier molecular flexibility index (Phi) is 6.80. The first-order chi connectivity index (χ1) is 20.0. The van der Waals surface area contributed by atoms with E-state index in [2.05, 4.69) is 16.4 Å². The summed E-state index contributed by atoms with van der Waals surface area (Å²) in [5, 5.41) is 12.5. The smallest absolute Gasteiger partial charge is 0.339 e. The molecule has 10 heteroatoms. The van der Waals surface area contributed by atoms with E-state index in [9.17, 15) is 9.90 Å². The number of nitrogens with one attached hydrogen (secondary N) is 1. The van der Waals surface area contributed by atoms with Crippen molar-refractivity contribution in [2.24, 2.45) is 4.99 Å². The molecule has 0 amide bonds. The number of fused-ring (bicyclic) bond motifs is 3. The van der Waals surface area contributed by atoms with Gasteiger partial charge in [-0.1, -0.05) is 18.2 Å². The molecule has 3 heterocycles. The normalized spacial score (nSPS) is 15.9. The second kappa shape index (κ2) is 10.7. The average molecular weight is 553 g/mol. The number of carbonyl (C=O) groups is 1. The quantitative estimate of drug-likeness (QED) is 0.280. The standard InChI is InChI=1S/C31H25FN4O5/c1-39-25-6-3-5-23(32)27(25)29-22-13-17(24-7-4-12-41-24)8-10-20(22)28-18(15-33-29)16-34-31(36-28)35-19-9-11-21(30(37)38)26(14-19)40-2/h3-7,9-14,16-17H,8,15H2,1-2H3,(H,37,38)(H,34,35,36). The molecule has 4 aromatic rings. The molecule has 0 radical (unpaired) electrons. The summed E-state index contributed by atoms with van der Waals surface area (Å²) >= 11 is 0. The van der Waals surface area contributed by atoms with Crippen LogP contribution in [0.25, 0.3) is 5.57 Å². The first kappa shape index (κ1) is 26.0. The molecule has 1 atom stereocenters. The van der Waals surface area contributed by atoms with Crippen LogP contribution in [-0.4, -0.2) is 41.0 Å². The maximum Gasteiger partial charge on any atom is 0.339 e. The molecule has 2 N–H and O–H groups in total. The summed E-state index contributed by atoms with van der Waals surface area (Å²) in [6.07, 6.45) is 8.08. The van der Waals surface area contributed by atoms with Crippen molar-refractivity contribution in [3.63, 3.8) is 0 Å². The molecule has 9 nitrogen and oxygen atoms in total. The van der Waals surface area contributed by atoms with Crippen molar-refractivity contribution < 1.29 is 28.2 Å². The lowest BCUT2D eigenvalue weighted by Crippen LogP contribution is -2.15. The molecule has 2 aliphatic rings. The van der Waals surface area contributed by atoms with Crippen molar-refractivity contribution in [1.82, 2.24) is 9.97 Å². The van der Waals surface area contributed by atoms with E-state index in [0.717, 1.165) is 22.5 Å². The summed E-state index contributed by atoms with van der Waals surface area (Å²) in [6, 6.07) is 13.1. The highest BCUT2D eigenvalue weighted by atomic mass is 19.1. The Hall–Kier alpha value is -5.25. The highest BCUT2D eigenvalue weighted by Gasteiger charge is 2.31. The third-order valence-electron chi connectivity index (χ3n) is 7.05. The van der Waals surface area contributed by atoms with Crippen LogP contribution in [0.5, 0.6) is 11.5 Å². The second-order valence-electron chi connectivity index (χ2n) is 9.45. The van der Waals surface area contributed by atoms with Gasteiger partial charge in [0.2, 0.25) is 5.95 Å². The van der Waals surface area contributed by atoms with Gasteiger partial charge < -0.3 is 24.3 Å². The van der Waals surface area contributed by atoms with Gasteiger partial charge in [0.1, 0.15) is 28.6 Å². The minimum atomic E-state index is -1.09. The number of carboxylic acids is 1. The molecule has 1 aliphatic carbocycles. The zero-order chi connectivity index (χ0) is 28.5. The average Bonchev–Trinajstić information content (AvgIpc) is 3.48. The van der Waals surface area contributed by atoms with Crippen LogP contribution in [0.4, 0.5) is 16.0 Å².